The van der Waals surface area contributed by atoms with Crippen LogP contribution in [-0.2, 0) is 19.9 Å². The van der Waals surface area contributed by atoms with Crippen molar-refractivity contribution in [2.45, 2.75) is 24.9 Å². The molecule has 1 aliphatic rings. The molecule has 0 saturated heterocycles. The monoisotopic (exact) mass is 228 g/mol. The van der Waals surface area contributed by atoms with Crippen LogP contribution in [0.1, 0.15) is 22.6 Å². The largest absolute Gasteiger partial charge is 0.392 e. The van der Waals surface area contributed by atoms with Gasteiger partial charge in [-0.2, -0.15) is 5.10 Å². The molecule has 1 aliphatic carbocycles. The van der Waals surface area contributed by atoms with Gasteiger partial charge in [0.25, 0.3) is 0 Å². The molecule has 2 unspecified atom stereocenters. The number of nitrogens with zero attached hydrogens (tertiary/aromatic N) is 2. The van der Waals surface area contributed by atoms with Crippen molar-refractivity contribution >= 4 is 0 Å². The van der Waals surface area contributed by atoms with E-state index in [0.717, 1.165) is 12.0 Å². The summed E-state index contributed by atoms with van der Waals surface area (Å²) in [6.07, 6.45) is 5.18. The van der Waals surface area contributed by atoms with Gasteiger partial charge in [-0.05, 0) is 23.1 Å². The number of aliphatic hydroxyl groups excluding tert-OH is 1. The zero-order valence-corrected chi connectivity index (χ0v) is 9.87. The Hall–Kier alpha value is -1.61. The van der Waals surface area contributed by atoms with E-state index in [0.29, 0.717) is 12.3 Å². The third-order valence-corrected chi connectivity index (χ3v) is 3.56. The van der Waals surface area contributed by atoms with E-state index < -0.39 is 0 Å². The van der Waals surface area contributed by atoms with Crippen molar-refractivity contribution in [3.05, 3.63) is 53.3 Å². The Morgan fingerprint density at radius 2 is 2.29 bits per heavy atom. The van der Waals surface area contributed by atoms with Crippen LogP contribution >= 0.6 is 0 Å². The van der Waals surface area contributed by atoms with Gasteiger partial charge in [0.1, 0.15) is 0 Å². The van der Waals surface area contributed by atoms with Crippen LogP contribution in [0.3, 0.4) is 0 Å². The third kappa shape index (κ3) is 1.87. The first kappa shape index (κ1) is 10.5. The lowest BCUT2D eigenvalue weighted by molar-refractivity contribution is 0.133. The minimum absolute atomic E-state index is 0.297. The number of benzene rings is 1. The fraction of sp³-hybridized carbons (Fsp3) is 0.357. The molecule has 3 rings (SSSR count). The average molecular weight is 228 g/mol. The summed E-state index contributed by atoms with van der Waals surface area (Å²) in [6.45, 7) is 0. The summed E-state index contributed by atoms with van der Waals surface area (Å²) in [5.74, 6) is 0.298. The van der Waals surface area contributed by atoms with Crippen LogP contribution in [0.2, 0.25) is 0 Å². The Morgan fingerprint density at radius 3 is 3.00 bits per heavy atom. The van der Waals surface area contributed by atoms with E-state index in [1.54, 1.807) is 4.68 Å². The summed E-state index contributed by atoms with van der Waals surface area (Å²) in [6, 6.07) is 8.36. The summed E-state index contributed by atoms with van der Waals surface area (Å²) in [7, 11) is 1.90. The maximum absolute atomic E-state index is 10.2. The van der Waals surface area contributed by atoms with E-state index in [1.165, 1.54) is 11.1 Å². The molecule has 88 valence electrons. The molecule has 0 bridgehead atoms. The van der Waals surface area contributed by atoms with Crippen LogP contribution in [-0.4, -0.2) is 21.0 Å². The van der Waals surface area contributed by atoms with Crippen molar-refractivity contribution in [3.8, 4) is 0 Å². The number of aromatic nitrogens is 2. The average Bonchev–Trinajstić information content (AvgIpc) is 2.66. The first-order valence-corrected chi connectivity index (χ1v) is 5.97. The Labute approximate surface area is 101 Å². The first-order chi connectivity index (χ1) is 8.24. The van der Waals surface area contributed by atoms with Crippen molar-refractivity contribution in [1.82, 2.24) is 9.78 Å². The maximum Gasteiger partial charge on any atom is 0.0653 e. The highest BCUT2D eigenvalue weighted by molar-refractivity contribution is 5.41. The highest BCUT2D eigenvalue weighted by Crippen LogP contribution is 2.38. The van der Waals surface area contributed by atoms with Gasteiger partial charge in [0.15, 0.2) is 0 Å². The highest BCUT2D eigenvalue weighted by atomic mass is 16.3. The molecule has 0 fully saturated rings. The molecule has 1 aromatic heterocycles. The van der Waals surface area contributed by atoms with Crippen LogP contribution in [0.25, 0.3) is 0 Å². The van der Waals surface area contributed by atoms with Gasteiger partial charge in [-0.25, -0.2) is 0 Å². The molecule has 1 N–H and O–H groups in total. The van der Waals surface area contributed by atoms with E-state index in [4.69, 9.17) is 0 Å². The predicted octanol–water partition coefficient (Wildman–Crippen LogP) is 1.66. The minimum Gasteiger partial charge on any atom is -0.392 e. The van der Waals surface area contributed by atoms with Gasteiger partial charge in [0.05, 0.1) is 12.3 Å². The lowest BCUT2D eigenvalue weighted by Crippen LogP contribution is -2.30. The summed E-state index contributed by atoms with van der Waals surface area (Å²) in [5, 5.41) is 14.4. The molecule has 3 nitrogen and oxygen atoms in total. The molecule has 3 heteroatoms. The molecule has 1 heterocycles. The normalized spacial score (nSPS) is 19.5. The number of rotatable bonds is 3. The minimum atomic E-state index is -0.297. The van der Waals surface area contributed by atoms with Crippen LogP contribution in [0, 0.1) is 0 Å². The number of hydrogen-bond acceptors (Lipinski definition) is 2. The van der Waals surface area contributed by atoms with Crippen molar-refractivity contribution in [3.63, 3.8) is 0 Å². The van der Waals surface area contributed by atoms with Gasteiger partial charge in [-0.3, -0.25) is 4.68 Å². The second-order valence-corrected chi connectivity index (χ2v) is 4.80. The molecule has 0 spiro atoms. The fourth-order valence-electron chi connectivity index (χ4n) is 2.60. The summed E-state index contributed by atoms with van der Waals surface area (Å²) < 4.78 is 1.77. The molecule has 0 radical (unpaired) electrons. The summed E-state index contributed by atoms with van der Waals surface area (Å²) in [4.78, 5) is 0. The lowest BCUT2D eigenvalue weighted by Gasteiger charge is -2.33. The zero-order valence-electron chi connectivity index (χ0n) is 9.87. The predicted molar refractivity (Wildman–Crippen MR) is 65.8 cm³/mol. The fourth-order valence-corrected chi connectivity index (χ4v) is 2.60. The number of hydrogen-bond donors (Lipinski definition) is 1. The Bertz CT molecular complexity index is 533. The maximum atomic E-state index is 10.2. The van der Waals surface area contributed by atoms with E-state index in [1.807, 2.05) is 25.5 Å². The van der Waals surface area contributed by atoms with Crippen molar-refractivity contribution < 1.29 is 5.11 Å². The van der Waals surface area contributed by atoms with Crippen molar-refractivity contribution in [2.75, 3.05) is 0 Å². The topological polar surface area (TPSA) is 38.0 Å². The second kappa shape index (κ2) is 4.00. The van der Waals surface area contributed by atoms with Gasteiger partial charge in [-0.1, -0.05) is 24.3 Å². The molecular weight excluding hydrogens is 212 g/mol. The molecule has 2 atom stereocenters. The molecule has 1 aromatic carbocycles. The quantitative estimate of drug-likeness (QED) is 0.867. The first-order valence-electron chi connectivity index (χ1n) is 5.97. The van der Waals surface area contributed by atoms with Gasteiger partial charge in [0, 0.05) is 25.6 Å². The number of aliphatic hydroxyl groups is 1. The molecular formula is C14H16N2O. The molecule has 2 aromatic rings. The van der Waals surface area contributed by atoms with Gasteiger partial charge < -0.3 is 5.11 Å². The molecule has 17 heavy (non-hydrogen) atoms. The van der Waals surface area contributed by atoms with Gasteiger partial charge in [0.2, 0.25) is 0 Å². The van der Waals surface area contributed by atoms with E-state index in [9.17, 15) is 5.11 Å². The number of fused-ring (bicyclic) bond motifs is 1. The van der Waals surface area contributed by atoms with Gasteiger partial charge in [-0.15, -0.1) is 0 Å². The Kier molecular flexibility index (Phi) is 2.48. The van der Waals surface area contributed by atoms with Crippen LogP contribution in [0.15, 0.2) is 36.7 Å². The molecule has 0 saturated carbocycles. The smallest absolute Gasteiger partial charge is 0.0653 e. The standard InChI is InChI=1S/C14H16N2O/c1-16-9-10(8-15-16)6-14(17)13-7-11-4-2-3-5-12(11)13/h2-5,8-9,13-14,17H,6-7H2,1H3. The van der Waals surface area contributed by atoms with Crippen LogP contribution in [0.5, 0.6) is 0 Å². The van der Waals surface area contributed by atoms with Crippen LogP contribution < -0.4 is 0 Å². The second-order valence-electron chi connectivity index (χ2n) is 4.80. The van der Waals surface area contributed by atoms with Crippen molar-refractivity contribution in [1.29, 1.82) is 0 Å². The van der Waals surface area contributed by atoms with Crippen molar-refractivity contribution in [2.24, 2.45) is 7.05 Å². The third-order valence-electron chi connectivity index (χ3n) is 3.56. The highest BCUT2D eigenvalue weighted by Gasteiger charge is 2.31. The Morgan fingerprint density at radius 1 is 1.47 bits per heavy atom. The van der Waals surface area contributed by atoms with E-state index >= 15 is 0 Å². The SMILES string of the molecule is Cn1cc(CC(O)C2Cc3ccccc32)cn1. The molecule has 0 amide bonds. The summed E-state index contributed by atoms with van der Waals surface area (Å²) in [5.41, 5.74) is 3.79. The van der Waals surface area contributed by atoms with Crippen LogP contribution in [0.4, 0.5) is 0 Å². The van der Waals surface area contributed by atoms with E-state index in [2.05, 4.69) is 23.3 Å². The van der Waals surface area contributed by atoms with E-state index in [-0.39, 0.29) is 6.10 Å². The number of aryl methyl sites for hydroxylation is 1. The Balaban J connectivity index is 1.71. The lowest BCUT2D eigenvalue weighted by atomic mass is 9.73. The summed E-state index contributed by atoms with van der Waals surface area (Å²) >= 11 is 0. The molecule has 0 aliphatic heterocycles. The van der Waals surface area contributed by atoms with Gasteiger partial charge >= 0.3 is 0 Å². The zero-order chi connectivity index (χ0) is 11.8.